The van der Waals surface area contributed by atoms with Crippen molar-refractivity contribution in [3.63, 3.8) is 0 Å². The average Bonchev–Trinajstić information content (AvgIpc) is 2.79. The molecule has 1 amide bonds. The van der Waals surface area contributed by atoms with Crippen LogP contribution in [0.2, 0.25) is 0 Å². The van der Waals surface area contributed by atoms with Crippen LogP contribution in [0.25, 0.3) is 11.1 Å². The first-order chi connectivity index (χ1) is 16.1. The lowest BCUT2D eigenvalue weighted by atomic mass is 9.95. The predicted octanol–water partition coefficient (Wildman–Crippen LogP) is 4.39. The SMILES string of the molecule is CNC(=O)c1ccc(C)c(-c2c(COC(C)=O)[nH]c(=O)c(Br)c2OCc2ccc(F)cc2F)c1. The van der Waals surface area contributed by atoms with Gasteiger partial charge in [0.2, 0.25) is 0 Å². The van der Waals surface area contributed by atoms with Crippen molar-refractivity contribution in [1.82, 2.24) is 10.3 Å². The lowest BCUT2D eigenvalue weighted by molar-refractivity contribution is -0.142. The molecule has 2 aromatic carbocycles. The quantitative estimate of drug-likeness (QED) is 0.438. The number of benzene rings is 2. The van der Waals surface area contributed by atoms with E-state index >= 15 is 0 Å². The summed E-state index contributed by atoms with van der Waals surface area (Å²) in [5.74, 6) is -2.39. The number of rotatable bonds is 7. The van der Waals surface area contributed by atoms with Crippen LogP contribution in [-0.4, -0.2) is 23.9 Å². The van der Waals surface area contributed by atoms with E-state index in [0.717, 1.165) is 17.7 Å². The number of amides is 1. The van der Waals surface area contributed by atoms with Crippen LogP contribution >= 0.6 is 15.9 Å². The molecule has 0 aliphatic heterocycles. The maximum Gasteiger partial charge on any atom is 0.303 e. The van der Waals surface area contributed by atoms with Gasteiger partial charge in [0.25, 0.3) is 11.5 Å². The summed E-state index contributed by atoms with van der Waals surface area (Å²) in [5, 5.41) is 2.55. The molecule has 0 aliphatic carbocycles. The molecule has 3 aromatic rings. The van der Waals surface area contributed by atoms with Crippen molar-refractivity contribution in [1.29, 1.82) is 0 Å². The van der Waals surface area contributed by atoms with E-state index in [9.17, 15) is 23.2 Å². The van der Waals surface area contributed by atoms with Gasteiger partial charge in [0.05, 0.1) is 5.69 Å². The zero-order valence-corrected chi connectivity index (χ0v) is 20.1. The number of hydrogen-bond donors (Lipinski definition) is 2. The number of halogens is 3. The molecule has 10 heteroatoms. The number of carbonyl (C=O) groups is 2. The summed E-state index contributed by atoms with van der Waals surface area (Å²) in [6.07, 6.45) is 0. The van der Waals surface area contributed by atoms with Gasteiger partial charge in [-0.1, -0.05) is 6.07 Å². The zero-order valence-electron chi connectivity index (χ0n) is 18.6. The lowest BCUT2D eigenvalue weighted by Crippen LogP contribution is -2.18. The summed E-state index contributed by atoms with van der Waals surface area (Å²) in [7, 11) is 1.50. The molecule has 7 nitrogen and oxygen atoms in total. The normalized spacial score (nSPS) is 10.6. The van der Waals surface area contributed by atoms with E-state index in [1.54, 1.807) is 25.1 Å². The van der Waals surface area contributed by atoms with Gasteiger partial charge >= 0.3 is 5.97 Å². The number of aromatic nitrogens is 1. The summed E-state index contributed by atoms with van der Waals surface area (Å²) in [4.78, 5) is 39.0. The number of H-pyrrole nitrogens is 1. The van der Waals surface area contributed by atoms with Crippen molar-refractivity contribution >= 4 is 27.8 Å². The third-order valence-electron chi connectivity index (χ3n) is 5.00. The molecule has 0 unspecified atom stereocenters. The van der Waals surface area contributed by atoms with Crippen molar-refractivity contribution in [2.45, 2.75) is 27.1 Å². The van der Waals surface area contributed by atoms with Crippen LogP contribution in [0, 0.1) is 18.6 Å². The zero-order chi connectivity index (χ0) is 25.0. The largest absolute Gasteiger partial charge is 0.487 e. The van der Waals surface area contributed by atoms with Crippen LogP contribution in [0.4, 0.5) is 8.78 Å². The molecule has 1 heterocycles. The fraction of sp³-hybridized carbons (Fsp3) is 0.208. The number of aromatic amines is 1. The maximum atomic E-state index is 14.2. The van der Waals surface area contributed by atoms with Crippen molar-refractivity contribution < 1.29 is 27.8 Å². The van der Waals surface area contributed by atoms with Crippen LogP contribution in [0.5, 0.6) is 5.75 Å². The van der Waals surface area contributed by atoms with Gasteiger partial charge in [-0.2, -0.15) is 0 Å². The summed E-state index contributed by atoms with van der Waals surface area (Å²) < 4.78 is 38.5. The van der Waals surface area contributed by atoms with E-state index in [-0.39, 0.29) is 40.6 Å². The second kappa shape index (κ2) is 10.6. The number of nitrogens with one attached hydrogen (secondary N) is 2. The Morgan fingerprint density at radius 3 is 2.50 bits per heavy atom. The number of ether oxygens (including phenoxy) is 2. The Kier molecular flexibility index (Phi) is 7.83. The smallest absolute Gasteiger partial charge is 0.303 e. The highest BCUT2D eigenvalue weighted by Gasteiger charge is 2.23. The average molecular weight is 535 g/mol. The standard InChI is InChI=1S/C24H21BrF2N2O5/c1-12-4-5-14(23(31)28-3)8-17(12)20-19(11-33-13(2)30)29-24(32)21(25)22(20)34-10-15-6-7-16(26)9-18(15)27/h4-9H,10-11H2,1-3H3,(H,28,31)(H,29,32). The Morgan fingerprint density at radius 1 is 1.12 bits per heavy atom. The minimum Gasteiger partial charge on any atom is -0.487 e. The van der Waals surface area contributed by atoms with Crippen LogP contribution in [0.1, 0.15) is 34.1 Å². The van der Waals surface area contributed by atoms with Gasteiger partial charge in [-0.25, -0.2) is 8.78 Å². The highest BCUT2D eigenvalue weighted by Crippen LogP contribution is 2.39. The summed E-state index contributed by atoms with van der Waals surface area (Å²) in [6, 6.07) is 8.03. The Balaban J connectivity index is 2.21. The topological polar surface area (TPSA) is 97.5 Å². The van der Waals surface area contributed by atoms with Gasteiger partial charge in [-0.05, 0) is 58.2 Å². The van der Waals surface area contributed by atoms with E-state index in [1.807, 2.05) is 0 Å². The Labute approximate surface area is 202 Å². The van der Waals surface area contributed by atoms with E-state index in [1.165, 1.54) is 20.0 Å². The van der Waals surface area contributed by atoms with E-state index in [4.69, 9.17) is 9.47 Å². The lowest BCUT2D eigenvalue weighted by Gasteiger charge is -2.19. The van der Waals surface area contributed by atoms with E-state index in [2.05, 4.69) is 26.2 Å². The molecule has 0 aliphatic rings. The third-order valence-corrected chi connectivity index (χ3v) is 5.72. The predicted molar refractivity (Wildman–Crippen MR) is 124 cm³/mol. The van der Waals surface area contributed by atoms with Gasteiger partial charge in [-0.3, -0.25) is 14.4 Å². The maximum absolute atomic E-state index is 14.2. The minimum absolute atomic E-state index is 0.0151. The molecule has 0 fully saturated rings. The molecule has 0 saturated heterocycles. The van der Waals surface area contributed by atoms with Crippen molar-refractivity contribution in [2.75, 3.05) is 7.05 Å². The van der Waals surface area contributed by atoms with E-state index < -0.39 is 23.2 Å². The highest BCUT2D eigenvalue weighted by atomic mass is 79.9. The van der Waals surface area contributed by atoms with E-state index in [0.29, 0.717) is 16.7 Å². The first-order valence-electron chi connectivity index (χ1n) is 10.1. The second-order valence-electron chi connectivity index (χ2n) is 7.36. The molecule has 34 heavy (non-hydrogen) atoms. The van der Waals surface area contributed by atoms with Crippen LogP contribution < -0.4 is 15.6 Å². The van der Waals surface area contributed by atoms with Gasteiger partial charge in [-0.15, -0.1) is 0 Å². The molecule has 0 spiro atoms. The van der Waals surface area contributed by atoms with Gasteiger partial charge in [0.15, 0.2) is 0 Å². The summed E-state index contributed by atoms with van der Waals surface area (Å²) in [5.41, 5.74) is 1.66. The molecule has 0 radical (unpaired) electrons. The number of carbonyl (C=O) groups excluding carboxylic acids is 2. The number of aryl methyl sites for hydroxylation is 1. The Morgan fingerprint density at radius 2 is 1.85 bits per heavy atom. The fourth-order valence-electron chi connectivity index (χ4n) is 3.27. The monoisotopic (exact) mass is 534 g/mol. The molecule has 0 bridgehead atoms. The van der Waals surface area contributed by atoms with Crippen LogP contribution in [-0.2, 0) is 22.7 Å². The fourth-order valence-corrected chi connectivity index (χ4v) is 3.68. The molecule has 1 aromatic heterocycles. The molecule has 178 valence electrons. The van der Waals surface area contributed by atoms with Crippen molar-refractivity contribution in [3.05, 3.63) is 85.2 Å². The molecule has 3 rings (SSSR count). The van der Waals surface area contributed by atoms with Gasteiger partial charge in [0, 0.05) is 36.7 Å². The van der Waals surface area contributed by atoms with Gasteiger partial charge < -0.3 is 19.8 Å². The first-order valence-corrected chi connectivity index (χ1v) is 10.9. The molecule has 2 N–H and O–H groups in total. The minimum atomic E-state index is -0.805. The number of pyridine rings is 1. The highest BCUT2D eigenvalue weighted by molar-refractivity contribution is 9.10. The van der Waals surface area contributed by atoms with Crippen LogP contribution in [0.15, 0.2) is 45.7 Å². The third kappa shape index (κ3) is 5.51. The van der Waals surface area contributed by atoms with Gasteiger partial charge in [0.1, 0.15) is 35.1 Å². The molecule has 0 atom stereocenters. The van der Waals surface area contributed by atoms with Crippen molar-refractivity contribution in [2.24, 2.45) is 0 Å². The molecular formula is C24H21BrF2N2O5. The molecular weight excluding hydrogens is 514 g/mol. The first kappa shape index (κ1) is 25.1. The van der Waals surface area contributed by atoms with Crippen molar-refractivity contribution in [3.8, 4) is 16.9 Å². The Hall–Kier alpha value is -3.53. The summed E-state index contributed by atoms with van der Waals surface area (Å²) >= 11 is 3.22. The summed E-state index contributed by atoms with van der Waals surface area (Å²) in [6.45, 7) is 2.42. The molecule has 0 saturated carbocycles. The Bertz CT molecular complexity index is 1320. The number of hydrogen-bond acceptors (Lipinski definition) is 5. The number of esters is 1. The second-order valence-corrected chi connectivity index (χ2v) is 8.16. The van der Waals surface area contributed by atoms with Crippen LogP contribution in [0.3, 0.4) is 0 Å².